The molecule has 0 saturated heterocycles. The Hall–Kier alpha value is -2.69. The molecule has 1 aromatic carbocycles. The summed E-state index contributed by atoms with van der Waals surface area (Å²) < 4.78 is 0. The molecule has 2 amide bonds. The van der Waals surface area contributed by atoms with Gasteiger partial charge < -0.3 is 10.6 Å². The number of aryl methyl sites for hydroxylation is 1. The highest BCUT2D eigenvalue weighted by Crippen LogP contribution is 2.02. The number of benzene rings is 1. The summed E-state index contributed by atoms with van der Waals surface area (Å²) in [6.07, 6.45) is 5.07. The SMILES string of the molecule is O=C(CCc1ccccc1)NCCCNC(=O)c1cccnc1. The van der Waals surface area contributed by atoms with E-state index in [9.17, 15) is 9.59 Å². The van der Waals surface area contributed by atoms with Gasteiger partial charge in [0.1, 0.15) is 0 Å². The van der Waals surface area contributed by atoms with Crippen LogP contribution in [0.5, 0.6) is 0 Å². The van der Waals surface area contributed by atoms with E-state index in [0.717, 1.165) is 12.0 Å². The number of pyridine rings is 1. The average Bonchev–Trinajstić information content (AvgIpc) is 2.61. The largest absolute Gasteiger partial charge is 0.356 e. The number of hydrogen-bond donors (Lipinski definition) is 2. The van der Waals surface area contributed by atoms with Crippen molar-refractivity contribution in [2.45, 2.75) is 19.3 Å². The molecule has 5 nitrogen and oxygen atoms in total. The van der Waals surface area contributed by atoms with Crippen molar-refractivity contribution in [3.8, 4) is 0 Å². The molecule has 0 radical (unpaired) electrons. The Balaban J connectivity index is 1.55. The third-order valence-electron chi connectivity index (χ3n) is 3.37. The molecule has 2 rings (SSSR count). The van der Waals surface area contributed by atoms with Crippen molar-refractivity contribution in [1.82, 2.24) is 15.6 Å². The number of carbonyl (C=O) groups excluding carboxylic acids is 2. The zero-order valence-electron chi connectivity index (χ0n) is 13.0. The molecule has 0 fully saturated rings. The quantitative estimate of drug-likeness (QED) is 0.732. The van der Waals surface area contributed by atoms with Crippen LogP contribution in [0.1, 0.15) is 28.8 Å². The van der Waals surface area contributed by atoms with E-state index >= 15 is 0 Å². The average molecular weight is 311 g/mol. The highest BCUT2D eigenvalue weighted by Gasteiger charge is 2.04. The van der Waals surface area contributed by atoms with E-state index in [1.54, 1.807) is 18.3 Å². The Morgan fingerprint density at radius 1 is 0.957 bits per heavy atom. The van der Waals surface area contributed by atoms with E-state index in [1.165, 1.54) is 6.20 Å². The summed E-state index contributed by atoms with van der Waals surface area (Å²) in [5.41, 5.74) is 1.70. The van der Waals surface area contributed by atoms with Crippen molar-refractivity contribution < 1.29 is 9.59 Å². The van der Waals surface area contributed by atoms with Gasteiger partial charge in [-0.15, -0.1) is 0 Å². The van der Waals surface area contributed by atoms with Crippen LogP contribution in [0.2, 0.25) is 0 Å². The van der Waals surface area contributed by atoms with Gasteiger partial charge in [0.25, 0.3) is 5.91 Å². The Labute approximate surface area is 136 Å². The first kappa shape index (κ1) is 16.7. The molecule has 0 atom stereocenters. The van der Waals surface area contributed by atoms with Crippen molar-refractivity contribution in [2.24, 2.45) is 0 Å². The maximum absolute atomic E-state index is 11.8. The summed E-state index contributed by atoms with van der Waals surface area (Å²) >= 11 is 0. The topological polar surface area (TPSA) is 71.1 Å². The minimum Gasteiger partial charge on any atom is -0.356 e. The molecule has 1 heterocycles. The molecule has 2 N–H and O–H groups in total. The van der Waals surface area contributed by atoms with E-state index in [0.29, 0.717) is 31.5 Å². The van der Waals surface area contributed by atoms with Crippen LogP contribution in [0.3, 0.4) is 0 Å². The lowest BCUT2D eigenvalue weighted by Crippen LogP contribution is -2.30. The van der Waals surface area contributed by atoms with Gasteiger partial charge in [0.05, 0.1) is 5.56 Å². The Bertz CT molecular complexity index is 615. The fraction of sp³-hybridized carbons (Fsp3) is 0.278. The fourth-order valence-electron chi connectivity index (χ4n) is 2.11. The van der Waals surface area contributed by atoms with E-state index in [-0.39, 0.29) is 11.8 Å². The number of nitrogens with one attached hydrogen (secondary N) is 2. The van der Waals surface area contributed by atoms with Gasteiger partial charge in [-0.3, -0.25) is 14.6 Å². The zero-order valence-corrected chi connectivity index (χ0v) is 13.0. The zero-order chi connectivity index (χ0) is 16.3. The first-order valence-corrected chi connectivity index (χ1v) is 7.74. The van der Waals surface area contributed by atoms with Gasteiger partial charge in [-0.25, -0.2) is 0 Å². The molecule has 23 heavy (non-hydrogen) atoms. The van der Waals surface area contributed by atoms with Crippen LogP contribution in [0.15, 0.2) is 54.9 Å². The van der Waals surface area contributed by atoms with Crippen molar-refractivity contribution in [3.05, 3.63) is 66.0 Å². The molecule has 5 heteroatoms. The molecule has 0 aliphatic rings. The lowest BCUT2D eigenvalue weighted by Gasteiger charge is -2.07. The van der Waals surface area contributed by atoms with Crippen molar-refractivity contribution in [1.29, 1.82) is 0 Å². The molecule has 0 unspecified atom stereocenters. The molecule has 2 aromatic rings. The summed E-state index contributed by atoms with van der Waals surface area (Å²) in [6.45, 7) is 1.08. The van der Waals surface area contributed by atoms with Gasteiger partial charge in [0.2, 0.25) is 5.91 Å². The standard InChI is InChI=1S/C18H21N3O2/c22-17(10-9-15-6-2-1-3-7-15)20-12-5-13-21-18(23)16-8-4-11-19-14-16/h1-4,6-8,11,14H,5,9-10,12-13H2,(H,20,22)(H,21,23). The fourth-order valence-corrected chi connectivity index (χ4v) is 2.11. The monoisotopic (exact) mass is 311 g/mol. The minimum absolute atomic E-state index is 0.0347. The van der Waals surface area contributed by atoms with Crippen LogP contribution in [-0.2, 0) is 11.2 Å². The van der Waals surface area contributed by atoms with Crippen molar-refractivity contribution >= 4 is 11.8 Å². The maximum atomic E-state index is 11.8. The van der Waals surface area contributed by atoms with E-state index in [2.05, 4.69) is 15.6 Å². The number of rotatable bonds is 8. The third-order valence-corrected chi connectivity index (χ3v) is 3.37. The smallest absolute Gasteiger partial charge is 0.252 e. The van der Waals surface area contributed by atoms with E-state index in [4.69, 9.17) is 0 Å². The van der Waals surface area contributed by atoms with Crippen LogP contribution in [0.25, 0.3) is 0 Å². The van der Waals surface area contributed by atoms with Crippen LogP contribution in [0.4, 0.5) is 0 Å². The van der Waals surface area contributed by atoms with Gasteiger partial charge in [-0.05, 0) is 30.5 Å². The predicted molar refractivity (Wildman–Crippen MR) is 89.0 cm³/mol. The molecule has 120 valence electrons. The lowest BCUT2D eigenvalue weighted by atomic mass is 10.1. The van der Waals surface area contributed by atoms with E-state index < -0.39 is 0 Å². The lowest BCUT2D eigenvalue weighted by molar-refractivity contribution is -0.121. The van der Waals surface area contributed by atoms with Gasteiger partial charge in [-0.2, -0.15) is 0 Å². The van der Waals surface area contributed by atoms with Crippen LogP contribution < -0.4 is 10.6 Å². The first-order valence-electron chi connectivity index (χ1n) is 7.74. The second-order valence-electron chi connectivity index (χ2n) is 5.19. The number of amides is 2. The predicted octanol–water partition coefficient (Wildman–Crippen LogP) is 1.95. The summed E-state index contributed by atoms with van der Waals surface area (Å²) in [6, 6.07) is 13.4. The van der Waals surface area contributed by atoms with Crippen molar-refractivity contribution in [2.75, 3.05) is 13.1 Å². The van der Waals surface area contributed by atoms with E-state index in [1.807, 2.05) is 30.3 Å². The molecular weight excluding hydrogens is 290 g/mol. The van der Waals surface area contributed by atoms with Gasteiger partial charge in [-0.1, -0.05) is 30.3 Å². The molecule has 0 aliphatic carbocycles. The van der Waals surface area contributed by atoms with Gasteiger partial charge in [0.15, 0.2) is 0 Å². The summed E-state index contributed by atoms with van der Waals surface area (Å²) in [5, 5.41) is 5.66. The van der Waals surface area contributed by atoms with Crippen molar-refractivity contribution in [3.63, 3.8) is 0 Å². The maximum Gasteiger partial charge on any atom is 0.252 e. The van der Waals surface area contributed by atoms with Crippen LogP contribution in [-0.4, -0.2) is 29.9 Å². The molecule has 1 aromatic heterocycles. The van der Waals surface area contributed by atoms with Crippen LogP contribution >= 0.6 is 0 Å². The highest BCUT2D eigenvalue weighted by molar-refractivity contribution is 5.93. The Morgan fingerprint density at radius 3 is 2.48 bits per heavy atom. The molecule has 0 aliphatic heterocycles. The summed E-state index contributed by atoms with van der Waals surface area (Å²) in [5.74, 6) is -0.110. The Morgan fingerprint density at radius 2 is 1.74 bits per heavy atom. The van der Waals surface area contributed by atoms with Crippen LogP contribution in [0, 0.1) is 0 Å². The second kappa shape index (κ2) is 9.35. The number of carbonyl (C=O) groups is 2. The van der Waals surface area contributed by atoms with Gasteiger partial charge >= 0.3 is 0 Å². The summed E-state index contributed by atoms with van der Waals surface area (Å²) in [7, 11) is 0. The molecule has 0 spiro atoms. The molecule has 0 bridgehead atoms. The third kappa shape index (κ3) is 6.30. The normalized spacial score (nSPS) is 10.1. The minimum atomic E-state index is -0.145. The Kier molecular flexibility index (Phi) is 6.78. The number of hydrogen-bond acceptors (Lipinski definition) is 3. The number of aromatic nitrogens is 1. The molecular formula is C18H21N3O2. The first-order chi connectivity index (χ1) is 11.3. The molecule has 0 saturated carbocycles. The summed E-state index contributed by atoms with van der Waals surface area (Å²) in [4.78, 5) is 27.4. The number of nitrogens with zero attached hydrogens (tertiary/aromatic N) is 1. The van der Waals surface area contributed by atoms with Gasteiger partial charge in [0, 0.05) is 31.9 Å². The second-order valence-corrected chi connectivity index (χ2v) is 5.19. The highest BCUT2D eigenvalue weighted by atomic mass is 16.2.